The van der Waals surface area contributed by atoms with Gasteiger partial charge in [0, 0.05) is 43.5 Å². The van der Waals surface area contributed by atoms with E-state index in [9.17, 15) is 14.4 Å². The quantitative estimate of drug-likeness (QED) is 0.156. The molecule has 1 spiro atoms. The summed E-state index contributed by atoms with van der Waals surface area (Å²) in [5.41, 5.74) is 2.84. The van der Waals surface area contributed by atoms with Crippen molar-refractivity contribution in [3.63, 3.8) is 0 Å². The number of methoxy groups -OCH3 is 2. The van der Waals surface area contributed by atoms with Crippen molar-refractivity contribution in [2.75, 3.05) is 52.8 Å². The molecular weight excluding hydrogens is 520 g/mol. The minimum Gasteiger partial charge on any atom is -0.497 e. The fourth-order valence-corrected chi connectivity index (χ4v) is 6.29. The van der Waals surface area contributed by atoms with Gasteiger partial charge in [0.05, 0.1) is 31.6 Å². The summed E-state index contributed by atoms with van der Waals surface area (Å²) in [4.78, 5) is 45.4. The molecule has 0 bridgehead atoms. The highest BCUT2D eigenvalue weighted by molar-refractivity contribution is 7.99. The molecule has 210 valence electrons. The number of carbonyl (C=O) groups excluding carboxylic acids is 2. The Morgan fingerprint density at radius 3 is 2.69 bits per heavy atom. The fraction of sp³-hybridized carbons (Fsp3) is 0.500. The Bertz CT molecular complexity index is 1290. The van der Waals surface area contributed by atoms with Crippen molar-refractivity contribution in [2.24, 2.45) is 0 Å². The minimum absolute atomic E-state index is 0.0681. The second-order valence-corrected chi connectivity index (χ2v) is 10.7. The van der Waals surface area contributed by atoms with Gasteiger partial charge in [-0.2, -0.15) is 0 Å². The van der Waals surface area contributed by atoms with E-state index in [1.165, 1.54) is 11.8 Å². The van der Waals surface area contributed by atoms with E-state index in [2.05, 4.69) is 11.9 Å². The zero-order valence-electron chi connectivity index (χ0n) is 22.8. The van der Waals surface area contributed by atoms with Crippen LogP contribution in [0.25, 0.3) is 11.3 Å². The normalized spacial score (nSPS) is 15.3. The molecule has 1 fully saturated rings. The highest BCUT2D eigenvalue weighted by Crippen LogP contribution is 2.47. The number of nitrogens with zero attached hydrogens (tertiary/aromatic N) is 3. The molecule has 0 unspecified atom stereocenters. The maximum absolute atomic E-state index is 14.2. The van der Waals surface area contributed by atoms with Gasteiger partial charge in [-0.1, -0.05) is 17.8 Å². The van der Waals surface area contributed by atoms with E-state index in [0.717, 1.165) is 16.9 Å². The highest BCUT2D eigenvalue weighted by Gasteiger charge is 2.45. The van der Waals surface area contributed by atoms with Crippen LogP contribution >= 0.6 is 11.8 Å². The number of urea groups is 1. The van der Waals surface area contributed by atoms with Gasteiger partial charge in [0.25, 0.3) is 5.56 Å². The average molecular weight is 557 g/mol. The molecule has 39 heavy (non-hydrogen) atoms. The number of ether oxygens (including phenoxy) is 3. The number of likely N-dealkylation sites (tertiary alicyclic amines) is 1. The molecule has 0 saturated carbocycles. The van der Waals surface area contributed by atoms with Crippen molar-refractivity contribution in [1.82, 2.24) is 19.8 Å². The zero-order chi connectivity index (χ0) is 28.0. The summed E-state index contributed by atoms with van der Waals surface area (Å²) in [5, 5.41) is 3.27. The number of fused-ring (bicyclic) bond motifs is 4. The van der Waals surface area contributed by atoms with Crippen LogP contribution in [0.4, 0.5) is 4.79 Å². The lowest BCUT2D eigenvalue weighted by Gasteiger charge is -2.45. The van der Waals surface area contributed by atoms with Crippen LogP contribution in [0, 0.1) is 0 Å². The van der Waals surface area contributed by atoms with Gasteiger partial charge in [-0.15, -0.1) is 6.58 Å². The lowest BCUT2D eigenvalue weighted by atomic mass is 9.64. The number of benzene rings is 1. The molecule has 2 heterocycles. The number of nitrogens with one attached hydrogen (secondary N) is 1. The second-order valence-electron chi connectivity index (χ2n) is 9.59. The molecule has 0 atom stereocenters. The molecule has 1 aliphatic heterocycles. The Morgan fingerprint density at radius 2 is 2.03 bits per heavy atom. The molecule has 0 radical (unpaired) electrons. The number of rotatable bonds is 10. The summed E-state index contributed by atoms with van der Waals surface area (Å²) in [6.45, 7) is 7.44. The van der Waals surface area contributed by atoms with Crippen LogP contribution in [0.2, 0.25) is 0 Å². The number of aromatic nitrogens is 2. The molecule has 1 saturated heterocycles. The first-order chi connectivity index (χ1) is 18.9. The Balaban J connectivity index is 1.71. The van der Waals surface area contributed by atoms with Crippen molar-refractivity contribution < 1.29 is 23.8 Å². The average Bonchev–Trinajstić information content (AvgIpc) is 2.93. The molecule has 2 aromatic rings. The Morgan fingerprint density at radius 1 is 1.26 bits per heavy atom. The number of thioether (sulfide) groups is 1. The maximum atomic E-state index is 14.2. The Kier molecular flexibility index (Phi) is 9.34. The summed E-state index contributed by atoms with van der Waals surface area (Å²) in [6, 6.07) is 5.58. The van der Waals surface area contributed by atoms with Crippen molar-refractivity contribution >= 4 is 23.8 Å². The minimum atomic E-state index is -0.491. The molecule has 2 amide bonds. The largest absolute Gasteiger partial charge is 0.497 e. The molecule has 1 aromatic heterocycles. The van der Waals surface area contributed by atoms with E-state index in [4.69, 9.17) is 19.2 Å². The van der Waals surface area contributed by atoms with E-state index in [1.807, 2.05) is 18.2 Å². The van der Waals surface area contributed by atoms with E-state index in [-0.39, 0.29) is 24.7 Å². The molecule has 4 rings (SSSR count). The molecule has 10 nitrogen and oxygen atoms in total. The van der Waals surface area contributed by atoms with Crippen LogP contribution in [0.5, 0.6) is 5.75 Å². The Hall–Kier alpha value is -3.31. The second kappa shape index (κ2) is 12.7. The molecule has 1 aliphatic carbocycles. The SMILES string of the molecule is C=CCn1c(SCCOC)nc2c(c1=O)C1(CCN(C(=O)NCC(=O)OCC)CC1)Cc1cc(OC)ccc1-2. The van der Waals surface area contributed by atoms with E-state index >= 15 is 0 Å². The first-order valence-corrected chi connectivity index (χ1v) is 14.1. The highest BCUT2D eigenvalue weighted by atomic mass is 32.2. The van der Waals surface area contributed by atoms with Crippen LogP contribution < -0.4 is 15.6 Å². The van der Waals surface area contributed by atoms with Crippen molar-refractivity contribution in [2.45, 2.75) is 43.3 Å². The first-order valence-electron chi connectivity index (χ1n) is 13.1. The summed E-state index contributed by atoms with van der Waals surface area (Å²) >= 11 is 1.49. The number of allylic oxidation sites excluding steroid dienone is 1. The van der Waals surface area contributed by atoms with Gasteiger partial charge in [-0.25, -0.2) is 9.78 Å². The smallest absolute Gasteiger partial charge is 0.325 e. The van der Waals surface area contributed by atoms with Crippen molar-refractivity contribution in [3.8, 4) is 17.0 Å². The van der Waals surface area contributed by atoms with Gasteiger partial charge in [-0.05, 0) is 49.9 Å². The van der Waals surface area contributed by atoms with Gasteiger partial charge < -0.3 is 24.4 Å². The predicted octanol–water partition coefficient (Wildman–Crippen LogP) is 3.01. The summed E-state index contributed by atoms with van der Waals surface area (Å²) in [5.74, 6) is 0.937. The van der Waals surface area contributed by atoms with Crippen molar-refractivity contribution in [1.29, 1.82) is 0 Å². The molecule has 1 N–H and O–H groups in total. The summed E-state index contributed by atoms with van der Waals surface area (Å²) in [6.07, 6.45) is 3.53. The third-order valence-electron chi connectivity index (χ3n) is 7.29. The molecule has 1 aromatic carbocycles. The van der Waals surface area contributed by atoms with Gasteiger partial charge in [-0.3, -0.25) is 14.2 Å². The van der Waals surface area contributed by atoms with Gasteiger partial charge in [0.15, 0.2) is 5.16 Å². The number of hydrogen-bond acceptors (Lipinski definition) is 8. The van der Waals surface area contributed by atoms with E-state index in [1.54, 1.807) is 36.7 Å². The third-order valence-corrected chi connectivity index (χ3v) is 8.23. The summed E-state index contributed by atoms with van der Waals surface area (Å²) < 4.78 is 17.3. The van der Waals surface area contributed by atoms with Gasteiger partial charge >= 0.3 is 12.0 Å². The number of hydrogen-bond donors (Lipinski definition) is 1. The number of piperidine rings is 1. The predicted molar refractivity (Wildman–Crippen MR) is 150 cm³/mol. The van der Waals surface area contributed by atoms with Crippen molar-refractivity contribution in [3.05, 3.63) is 52.3 Å². The molecular formula is C28H36N4O6S. The lowest BCUT2D eigenvalue weighted by molar-refractivity contribution is -0.141. The number of esters is 1. The van der Waals surface area contributed by atoms with Gasteiger partial charge in [0.2, 0.25) is 0 Å². The Labute approximate surface area is 232 Å². The fourth-order valence-electron chi connectivity index (χ4n) is 5.39. The van der Waals surface area contributed by atoms with E-state index < -0.39 is 11.4 Å². The monoisotopic (exact) mass is 556 g/mol. The van der Waals surface area contributed by atoms with E-state index in [0.29, 0.717) is 67.7 Å². The number of carbonyl (C=O) groups is 2. The van der Waals surface area contributed by atoms with Crippen LogP contribution in [-0.2, 0) is 32.6 Å². The maximum Gasteiger partial charge on any atom is 0.325 e. The van der Waals surface area contributed by atoms with Crippen LogP contribution in [-0.4, -0.2) is 79.3 Å². The van der Waals surface area contributed by atoms with Crippen LogP contribution in [0.3, 0.4) is 0 Å². The summed E-state index contributed by atoms with van der Waals surface area (Å²) in [7, 11) is 3.28. The third kappa shape index (κ3) is 5.99. The zero-order valence-corrected chi connectivity index (χ0v) is 23.6. The van der Waals surface area contributed by atoms with Crippen LogP contribution in [0.15, 0.2) is 40.8 Å². The standard InChI is InChI=1S/C28H36N4O6S/c1-5-11-32-25(34)23-24(30-27(32)39-15-14-36-3)21-8-7-20(37-4)16-19(21)17-28(23)9-12-31(13-10-28)26(35)29-18-22(33)38-6-2/h5,7-8,16H,1,6,9-15,17-18H2,2-4H3,(H,29,35). The first kappa shape index (κ1) is 28.7. The topological polar surface area (TPSA) is 112 Å². The molecule has 11 heteroatoms. The molecule has 2 aliphatic rings. The van der Waals surface area contributed by atoms with Crippen LogP contribution in [0.1, 0.15) is 30.9 Å². The lowest BCUT2D eigenvalue weighted by Crippen LogP contribution is -2.52. The van der Waals surface area contributed by atoms with Gasteiger partial charge in [0.1, 0.15) is 12.3 Å². The number of amides is 2.